The van der Waals surface area contributed by atoms with Gasteiger partial charge in [0.2, 0.25) is 0 Å². The molecule has 0 atom stereocenters. The normalized spacial score (nSPS) is 15.9. The maximum Gasteiger partial charge on any atom is 0.356 e. The van der Waals surface area contributed by atoms with Crippen LogP contribution < -0.4 is 10.2 Å². The van der Waals surface area contributed by atoms with Crippen molar-refractivity contribution < 1.29 is 19.1 Å². The average molecular weight is 327 g/mol. The van der Waals surface area contributed by atoms with Crippen LogP contribution in [0.5, 0.6) is 5.75 Å². The first kappa shape index (κ1) is 15.8. The Hall–Kier alpha value is -3.09. The van der Waals surface area contributed by atoms with Gasteiger partial charge in [0.05, 0.1) is 13.7 Å². The number of hydrogen-bond acceptors (Lipinski definition) is 6. The summed E-state index contributed by atoms with van der Waals surface area (Å²) in [6.45, 7) is 3.72. The van der Waals surface area contributed by atoms with E-state index in [4.69, 9.17) is 9.47 Å². The lowest BCUT2D eigenvalue weighted by Crippen LogP contribution is -2.37. The molecule has 0 bridgehead atoms. The predicted octanol–water partition coefficient (Wildman–Crippen LogP) is 1.61. The number of rotatable bonds is 3. The lowest BCUT2D eigenvalue weighted by Gasteiger charge is -2.27. The van der Waals surface area contributed by atoms with Gasteiger partial charge in [-0.15, -0.1) is 0 Å². The van der Waals surface area contributed by atoms with E-state index in [1.165, 1.54) is 11.0 Å². The van der Waals surface area contributed by atoms with Crippen molar-refractivity contribution in [2.75, 3.05) is 13.7 Å². The van der Waals surface area contributed by atoms with E-state index in [2.05, 4.69) is 10.5 Å². The number of amides is 1. The van der Waals surface area contributed by atoms with Crippen molar-refractivity contribution in [3.05, 3.63) is 46.8 Å². The molecule has 124 valence electrons. The molecule has 1 aromatic rings. The van der Waals surface area contributed by atoms with Crippen LogP contribution in [0.3, 0.4) is 0 Å². The second-order valence-electron chi connectivity index (χ2n) is 5.24. The van der Waals surface area contributed by atoms with E-state index < -0.39 is 5.97 Å². The van der Waals surface area contributed by atoms with Crippen LogP contribution in [0.25, 0.3) is 6.08 Å². The zero-order chi connectivity index (χ0) is 17.3. The maximum absolute atomic E-state index is 12.6. The Bertz CT molecular complexity index is 808. The average Bonchev–Trinajstić information content (AvgIpc) is 2.75. The Morgan fingerprint density at radius 3 is 2.83 bits per heavy atom. The minimum atomic E-state index is -0.623. The van der Waals surface area contributed by atoms with E-state index in [0.29, 0.717) is 17.3 Å². The van der Waals surface area contributed by atoms with Crippen LogP contribution in [0.2, 0.25) is 0 Å². The van der Waals surface area contributed by atoms with Gasteiger partial charge in [0.15, 0.2) is 5.84 Å². The standard InChI is InChI=1S/C17H17N3O4/c1-4-24-17(22)14-9-15(21)20-10(2)7-11-5-6-12(23-3)8-13(11)16(20)19-18-14/h5-9,18H,4H2,1-3H3. The molecule has 3 rings (SSSR count). The van der Waals surface area contributed by atoms with Crippen molar-refractivity contribution in [1.29, 1.82) is 0 Å². The fraction of sp³-hybridized carbons (Fsp3) is 0.235. The molecule has 1 amide bonds. The molecule has 0 saturated heterocycles. The van der Waals surface area contributed by atoms with Crippen LogP contribution in [0.15, 0.2) is 40.8 Å². The minimum absolute atomic E-state index is 0.000922. The summed E-state index contributed by atoms with van der Waals surface area (Å²) in [5.74, 6) is 0.0654. The second-order valence-corrected chi connectivity index (χ2v) is 5.24. The largest absolute Gasteiger partial charge is 0.497 e. The molecule has 7 heteroatoms. The third kappa shape index (κ3) is 2.64. The number of esters is 1. The minimum Gasteiger partial charge on any atom is -0.497 e. The molecular weight excluding hydrogens is 310 g/mol. The molecule has 2 aliphatic rings. The lowest BCUT2D eigenvalue weighted by atomic mass is 10.00. The van der Waals surface area contributed by atoms with Gasteiger partial charge in [-0.1, -0.05) is 6.07 Å². The molecule has 0 fully saturated rings. The zero-order valence-electron chi connectivity index (χ0n) is 13.6. The maximum atomic E-state index is 12.6. The molecule has 1 aromatic carbocycles. The fourth-order valence-electron chi connectivity index (χ4n) is 2.59. The molecule has 0 aliphatic carbocycles. The van der Waals surface area contributed by atoms with Gasteiger partial charge in [0.25, 0.3) is 5.91 Å². The number of ether oxygens (including phenoxy) is 2. The molecule has 0 spiro atoms. The third-order valence-electron chi connectivity index (χ3n) is 3.70. The Labute approximate surface area is 139 Å². The number of allylic oxidation sites excluding steroid dienone is 1. The molecule has 1 N–H and O–H groups in total. The predicted molar refractivity (Wildman–Crippen MR) is 87.9 cm³/mol. The molecule has 7 nitrogen and oxygen atoms in total. The van der Waals surface area contributed by atoms with Gasteiger partial charge < -0.3 is 9.47 Å². The summed E-state index contributed by atoms with van der Waals surface area (Å²) in [4.78, 5) is 25.9. The van der Waals surface area contributed by atoms with Crippen LogP contribution in [0.1, 0.15) is 25.0 Å². The highest BCUT2D eigenvalue weighted by Crippen LogP contribution is 2.29. The molecule has 2 aliphatic heterocycles. The highest BCUT2D eigenvalue weighted by Gasteiger charge is 2.31. The van der Waals surface area contributed by atoms with Crippen LogP contribution >= 0.6 is 0 Å². The highest BCUT2D eigenvalue weighted by atomic mass is 16.5. The van der Waals surface area contributed by atoms with Gasteiger partial charge in [-0.05, 0) is 37.6 Å². The topological polar surface area (TPSA) is 80.2 Å². The van der Waals surface area contributed by atoms with E-state index in [0.717, 1.165) is 11.1 Å². The number of carbonyl (C=O) groups is 2. The first-order chi connectivity index (χ1) is 11.5. The molecular formula is C17H17N3O4. The van der Waals surface area contributed by atoms with Crippen molar-refractivity contribution in [2.45, 2.75) is 13.8 Å². The van der Waals surface area contributed by atoms with E-state index in [1.54, 1.807) is 20.1 Å². The number of hydrazone groups is 1. The van der Waals surface area contributed by atoms with Crippen molar-refractivity contribution in [3.63, 3.8) is 0 Å². The van der Waals surface area contributed by atoms with Crippen molar-refractivity contribution in [3.8, 4) is 5.75 Å². The molecule has 0 unspecified atom stereocenters. The van der Waals surface area contributed by atoms with Gasteiger partial charge in [-0.2, -0.15) is 5.10 Å². The summed E-state index contributed by atoms with van der Waals surface area (Å²) >= 11 is 0. The van der Waals surface area contributed by atoms with Gasteiger partial charge in [-0.25, -0.2) is 4.79 Å². The highest BCUT2D eigenvalue weighted by molar-refractivity contribution is 6.17. The van der Waals surface area contributed by atoms with E-state index >= 15 is 0 Å². The van der Waals surface area contributed by atoms with E-state index in [-0.39, 0.29) is 18.2 Å². The lowest BCUT2D eigenvalue weighted by molar-refractivity contribution is -0.139. The Kier molecular flexibility index (Phi) is 4.07. The molecule has 24 heavy (non-hydrogen) atoms. The Morgan fingerprint density at radius 1 is 1.33 bits per heavy atom. The number of carbonyl (C=O) groups excluding carboxylic acids is 2. The number of nitrogens with one attached hydrogen (secondary N) is 1. The van der Waals surface area contributed by atoms with Crippen LogP contribution in [-0.4, -0.2) is 36.3 Å². The number of benzene rings is 1. The monoisotopic (exact) mass is 327 g/mol. The number of fused-ring (bicyclic) bond motifs is 3. The Morgan fingerprint density at radius 2 is 2.12 bits per heavy atom. The van der Waals surface area contributed by atoms with Gasteiger partial charge in [-0.3, -0.25) is 15.1 Å². The smallest absolute Gasteiger partial charge is 0.356 e. The summed E-state index contributed by atoms with van der Waals surface area (Å²) in [6.07, 6.45) is 3.08. The first-order valence-corrected chi connectivity index (χ1v) is 7.48. The zero-order valence-corrected chi connectivity index (χ0v) is 13.6. The SMILES string of the molecule is CCOC(=O)C1=CC(=O)N2C(C)=Cc3ccc(OC)cc3C2=NN1. The van der Waals surface area contributed by atoms with Crippen LogP contribution in [0.4, 0.5) is 0 Å². The molecule has 2 heterocycles. The number of hydrogen-bond donors (Lipinski definition) is 1. The van der Waals surface area contributed by atoms with E-state index in [1.807, 2.05) is 25.1 Å². The van der Waals surface area contributed by atoms with E-state index in [9.17, 15) is 9.59 Å². The summed E-state index contributed by atoms with van der Waals surface area (Å²) in [6, 6.07) is 5.54. The third-order valence-corrected chi connectivity index (χ3v) is 3.70. The van der Waals surface area contributed by atoms with Crippen LogP contribution in [0, 0.1) is 0 Å². The van der Waals surface area contributed by atoms with Crippen LogP contribution in [-0.2, 0) is 14.3 Å². The number of methoxy groups -OCH3 is 1. The van der Waals surface area contributed by atoms with Gasteiger partial charge in [0, 0.05) is 17.3 Å². The second kappa shape index (κ2) is 6.19. The number of amidine groups is 1. The first-order valence-electron chi connectivity index (χ1n) is 7.48. The van der Waals surface area contributed by atoms with Gasteiger partial charge in [0.1, 0.15) is 11.4 Å². The quantitative estimate of drug-likeness (QED) is 0.853. The Balaban J connectivity index is 2.08. The summed E-state index contributed by atoms with van der Waals surface area (Å²) in [7, 11) is 1.57. The van der Waals surface area contributed by atoms with Crippen molar-refractivity contribution >= 4 is 23.8 Å². The summed E-state index contributed by atoms with van der Waals surface area (Å²) in [5, 5.41) is 4.25. The number of nitrogens with zero attached hydrogens (tertiary/aromatic N) is 2. The molecule has 0 saturated carbocycles. The van der Waals surface area contributed by atoms with Crippen molar-refractivity contribution in [1.82, 2.24) is 10.3 Å². The fourth-order valence-corrected chi connectivity index (χ4v) is 2.59. The molecule has 0 radical (unpaired) electrons. The summed E-state index contributed by atoms with van der Waals surface area (Å²) in [5.41, 5.74) is 5.00. The molecule has 0 aromatic heterocycles. The summed E-state index contributed by atoms with van der Waals surface area (Å²) < 4.78 is 10.2. The van der Waals surface area contributed by atoms with Crippen molar-refractivity contribution in [2.24, 2.45) is 5.10 Å². The van der Waals surface area contributed by atoms with Gasteiger partial charge >= 0.3 is 5.97 Å².